The topological polar surface area (TPSA) is 33.3 Å². The van der Waals surface area contributed by atoms with Gasteiger partial charge in [-0.15, -0.1) is 0 Å². The molecule has 0 saturated carbocycles. The van der Waals surface area contributed by atoms with Crippen LogP contribution in [0.2, 0.25) is 0 Å². The highest BCUT2D eigenvalue weighted by molar-refractivity contribution is 5.69. The van der Waals surface area contributed by atoms with Gasteiger partial charge in [0.15, 0.2) is 0 Å². The molecular weight excluding hydrogens is 554 g/mol. The van der Waals surface area contributed by atoms with Gasteiger partial charge in [0.05, 0.1) is 41.8 Å². The zero-order valence-electron chi connectivity index (χ0n) is 23.2. The van der Waals surface area contributed by atoms with Gasteiger partial charge in [0.25, 0.3) is 0 Å². The second-order valence-electron chi connectivity index (χ2n) is 10.3. The number of aryl methyl sites for hydroxylation is 2. The van der Waals surface area contributed by atoms with Crippen LogP contribution >= 0.6 is 0 Å². The van der Waals surface area contributed by atoms with Crippen molar-refractivity contribution >= 4 is 11.4 Å². The third kappa shape index (κ3) is 9.01. The summed E-state index contributed by atoms with van der Waals surface area (Å²) in [6.45, 7) is 4.22. The molecule has 0 saturated heterocycles. The zero-order chi connectivity index (χ0) is 30.3. The lowest BCUT2D eigenvalue weighted by atomic mass is 10.0. The Kier molecular flexibility index (Phi) is 9.83. The van der Waals surface area contributed by atoms with E-state index in [4.69, 9.17) is 4.74 Å². The molecule has 2 N–H and O–H groups in total. The Morgan fingerprint density at radius 2 is 1.17 bits per heavy atom. The Morgan fingerprint density at radius 3 is 1.71 bits per heavy atom. The molecule has 0 spiro atoms. The van der Waals surface area contributed by atoms with Crippen LogP contribution in [0.1, 0.15) is 38.9 Å². The van der Waals surface area contributed by atoms with E-state index in [-0.39, 0.29) is 24.3 Å². The quantitative estimate of drug-likeness (QED) is 0.172. The zero-order valence-corrected chi connectivity index (χ0v) is 23.2. The van der Waals surface area contributed by atoms with Gasteiger partial charge in [-0.05, 0) is 67.3 Å². The number of hydrogen-bond acceptors (Lipinski definition) is 3. The smallest absolute Gasteiger partial charge is 0.379 e. The van der Waals surface area contributed by atoms with Crippen molar-refractivity contribution in [3.8, 4) is 0 Å². The maximum Gasteiger partial charge on any atom is 0.416 e. The Balaban J connectivity index is 1.51. The standard InChI is InChI=1S/C33H32F6N2O/c1-22-7-11-24(12-8-22)17-29(21-42-20-26-15-27(32(34,35)36)18-28(16-26)33(37,38)39)41-31-6-4-3-5-30(31)40-19-25-13-9-23(2)10-14-25/h3-16,18,29,40-41H,17,19-21H2,1-2H3/t29-/m0/s1. The molecule has 4 aromatic carbocycles. The van der Waals surface area contributed by atoms with E-state index in [2.05, 4.69) is 10.6 Å². The van der Waals surface area contributed by atoms with E-state index in [1.165, 1.54) is 5.56 Å². The van der Waals surface area contributed by atoms with Gasteiger partial charge >= 0.3 is 12.4 Å². The number of benzene rings is 4. The normalized spacial score (nSPS) is 12.7. The highest BCUT2D eigenvalue weighted by Crippen LogP contribution is 2.36. The molecule has 4 rings (SSSR count). The van der Waals surface area contributed by atoms with E-state index in [9.17, 15) is 26.3 Å². The van der Waals surface area contributed by atoms with E-state index in [0.717, 1.165) is 28.1 Å². The molecule has 222 valence electrons. The number of anilines is 2. The highest BCUT2D eigenvalue weighted by atomic mass is 19.4. The van der Waals surface area contributed by atoms with E-state index in [0.29, 0.717) is 25.1 Å². The number of alkyl halides is 6. The Hall–Kier alpha value is -3.98. The van der Waals surface area contributed by atoms with Gasteiger partial charge in [-0.1, -0.05) is 71.8 Å². The van der Waals surface area contributed by atoms with Crippen molar-refractivity contribution in [2.24, 2.45) is 0 Å². The summed E-state index contributed by atoms with van der Waals surface area (Å²) in [4.78, 5) is 0. The van der Waals surface area contributed by atoms with E-state index >= 15 is 0 Å². The predicted molar refractivity (Wildman–Crippen MR) is 153 cm³/mol. The minimum absolute atomic E-state index is 0.0395. The summed E-state index contributed by atoms with van der Waals surface area (Å²) in [5.41, 5.74) is 3.08. The average molecular weight is 587 g/mol. The van der Waals surface area contributed by atoms with Gasteiger partial charge in [-0.25, -0.2) is 0 Å². The van der Waals surface area contributed by atoms with Crippen LogP contribution in [-0.2, 0) is 36.7 Å². The summed E-state index contributed by atoms with van der Waals surface area (Å²) in [5.74, 6) is 0. The van der Waals surface area contributed by atoms with Crippen molar-refractivity contribution in [1.29, 1.82) is 0 Å². The molecular formula is C33H32F6N2O. The number of halogens is 6. The van der Waals surface area contributed by atoms with Gasteiger partial charge in [0.2, 0.25) is 0 Å². The fraction of sp³-hybridized carbons (Fsp3) is 0.273. The number of para-hydroxylation sites is 2. The molecule has 0 bridgehead atoms. The first-order chi connectivity index (χ1) is 19.9. The number of rotatable bonds is 11. The molecule has 0 amide bonds. The first-order valence-electron chi connectivity index (χ1n) is 13.4. The molecule has 0 aliphatic heterocycles. The van der Waals surface area contributed by atoms with Gasteiger partial charge in [-0.2, -0.15) is 26.3 Å². The minimum Gasteiger partial charge on any atom is -0.379 e. The summed E-state index contributed by atoms with van der Waals surface area (Å²) >= 11 is 0. The molecule has 9 heteroatoms. The third-order valence-corrected chi connectivity index (χ3v) is 6.73. The van der Waals surface area contributed by atoms with Crippen LogP contribution in [0.15, 0.2) is 91.0 Å². The van der Waals surface area contributed by atoms with Gasteiger partial charge in [0, 0.05) is 6.54 Å². The summed E-state index contributed by atoms with van der Waals surface area (Å²) in [7, 11) is 0. The maximum atomic E-state index is 13.3. The van der Waals surface area contributed by atoms with Crippen molar-refractivity contribution in [3.05, 3.63) is 130 Å². The summed E-state index contributed by atoms with van der Waals surface area (Å²) < 4.78 is 85.6. The van der Waals surface area contributed by atoms with E-state index in [1.807, 2.05) is 86.6 Å². The fourth-order valence-corrected chi connectivity index (χ4v) is 4.47. The van der Waals surface area contributed by atoms with Gasteiger partial charge < -0.3 is 15.4 Å². The number of hydrogen-bond donors (Lipinski definition) is 2. The molecule has 3 nitrogen and oxygen atoms in total. The molecule has 0 aromatic heterocycles. The summed E-state index contributed by atoms with van der Waals surface area (Å²) in [6, 6.07) is 24.9. The maximum absolute atomic E-state index is 13.3. The van der Waals surface area contributed by atoms with Crippen LogP contribution in [0, 0.1) is 13.8 Å². The fourth-order valence-electron chi connectivity index (χ4n) is 4.47. The molecule has 1 atom stereocenters. The van der Waals surface area contributed by atoms with Crippen LogP contribution in [-0.4, -0.2) is 12.6 Å². The lowest BCUT2D eigenvalue weighted by Gasteiger charge is -2.23. The molecule has 0 radical (unpaired) electrons. The molecule has 0 aliphatic carbocycles. The van der Waals surface area contributed by atoms with Crippen molar-refractivity contribution in [1.82, 2.24) is 0 Å². The Labute approximate surface area is 241 Å². The lowest BCUT2D eigenvalue weighted by molar-refractivity contribution is -0.143. The highest BCUT2D eigenvalue weighted by Gasteiger charge is 2.36. The Bertz CT molecular complexity index is 1420. The number of nitrogens with one attached hydrogen (secondary N) is 2. The van der Waals surface area contributed by atoms with Gasteiger partial charge in [-0.3, -0.25) is 0 Å². The van der Waals surface area contributed by atoms with Crippen LogP contribution in [0.25, 0.3) is 0 Å². The second-order valence-corrected chi connectivity index (χ2v) is 10.3. The van der Waals surface area contributed by atoms with Crippen molar-refractivity contribution in [2.45, 2.75) is 51.8 Å². The lowest BCUT2D eigenvalue weighted by Crippen LogP contribution is -2.28. The van der Waals surface area contributed by atoms with E-state index in [1.54, 1.807) is 0 Å². The second kappa shape index (κ2) is 13.3. The molecule has 0 unspecified atom stereocenters. The summed E-state index contributed by atoms with van der Waals surface area (Å²) in [5, 5.41) is 6.90. The van der Waals surface area contributed by atoms with Crippen LogP contribution in [0.5, 0.6) is 0 Å². The van der Waals surface area contributed by atoms with Crippen LogP contribution in [0.3, 0.4) is 0 Å². The SMILES string of the molecule is Cc1ccc(CNc2ccccc2N[C@H](COCc2cc(C(F)(F)F)cc(C(F)(F)F)c2)Cc2ccc(C)cc2)cc1. The van der Waals surface area contributed by atoms with Crippen molar-refractivity contribution in [2.75, 3.05) is 17.2 Å². The monoisotopic (exact) mass is 586 g/mol. The number of ether oxygens (including phenoxy) is 1. The molecule has 42 heavy (non-hydrogen) atoms. The van der Waals surface area contributed by atoms with Gasteiger partial charge in [0.1, 0.15) is 0 Å². The van der Waals surface area contributed by atoms with E-state index < -0.39 is 30.1 Å². The minimum atomic E-state index is -4.92. The molecule has 0 heterocycles. The van der Waals surface area contributed by atoms with Crippen molar-refractivity contribution in [3.63, 3.8) is 0 Å². The largest absolute Gasteiger partial charge is 0.416 e. The van der Waals surface area contributed by atoms with Crippen molar-refractivity contribution < 1.29 is 31.1 Å². The van der Waals surface area contributed by atoms with Crippen LogP contribution in [0.4, 0.5) is 37.7 Å². The molecule has 0 fully saturated rings. The third-order valence-electron chi connectivity index (χ3n) is 6.73. The Morgan fingerprint density at radius 1 is 0.643 bits per heavy atom. The first kappa shape index (κ1) is 31.0. The average Bonchev–Trinajstić information content (AvgIpc) is 2.93. The molecule has 0 aliphatic rings. The first-order valence-corrected chi connectivity index (χ1v) is 13.4. The summed E-state index contributed by atoms with van der Waals surface area (Å²) in [6.07, 6.45) is -9.31. The molecule has 4 aromatic rings. The van der Waals surface area contributed by atoms with Crippen LogP contribution < -0.4 is 10.6 Å². The predicted octanol–water partition coefficient (Wildman–Crippen LogP) is 9.19.